The second kappa shape index (κ2) is 17.2. The van der Waals surface area contributed by atoms with Gasteiger partial charge in [-0.2, -0.15) is 4.99 Å². The first-order chi connectivity index (χ1) is 24.3. The molecule has 20 heteroatoms. The van der Waals surface area contributed by atoms with E-state index in [1.165, 1.54) is 34.0 Å². The Morgan fingerprint density at radius 1 is 1.21 bits per heavy atom. The molecule has 19 nitrogen and oxygen atoms in total. The number of Topliss-reactive ketones (excluding diaryl/α,β-unsaturated/α-hetero) is 1. The van der Waals surface area contributed by atoms with E-state index in [-0.39, 0.29) is 18.5 Å². The number of hydrogen-bond donors (Lipinski definition) is 6. The molecule has 2 saturated heterocycles. The number of aliphatic imine (C=N–C) groups is 1. The maximum atomic E-state index is 13.3. The Labute approximate surface area is 302 Å². The standard InChI is InChI=1S/C32H42N2O17S/c1-7-16(34-12-52)30(42)51-25-18(11-46-15(5)35)49-28(31(43)10-17(36)23(33)22(27(31)39)29(40)41)24(38)26(25)50-21-9-19(45-6)32(44,14(4)48-21)13(3)47-20(37)8-2/h7,13-14,18-19,21,24-26,28,33,38-39,43-44H,8-11H2,1-6H3,(H,40,41)/b16-7-,33-23?/t13-,14-,18+,19-,21-,24+,25+,26-,28+,31+,32+/m0/s1. The van der Waals surface area contributed by atoms with E-state index in [4.69, 9.17) is 38.6 Å². The lowest BCUT2D eigenvalue weighted by Crippen LogP contribution is -2.70. The molecule has 0 unspecified atom stereocenters. The Balaban J connectivity index is 2.16. The molecular formula is C32H42N2O17S. The van der Waals surface area contributed by atoms with E-state index in [0.29, 0.717) is 0 Å². The molecule has 52 heavy (non-hydrogen) atoms. The summed E-state index contributed by atoms with van der Waals surface area (Å²) in [7, 11) is 1.26. The number of carboxylic acids is 1. The third-order valence-corrected chi connectivity index (χ3v) is 9.15. The smallest absolute Gasteiger partial charge is 0.357 e. The molecule has 0 aromatic heterocycles. The molecule has 3 aliphatic rings. The number of aliphatic hydroxyl groups is 4. The van der Waals surface area contributed by atoms with Crippen molar-refractivity contribution in [1.82, 2.24) is 0 Å². The third-order valence-electron chi connectivity index (χ3n) is 9.06. The number of thiocarbonyl (C=S) groups is 1. The van der Waals surface area contributed by atoms with Crippen molar-refractivity contribution in [3.8, 4) is 0 Å². The predicted molar refractivity (Wildman–Crippen MR) is 175 cm³/mol. The zero-order valence-electron chi connectivity index (χ0n) is 29.1. The minimum Gasteiger partial charge on any atom is -0.508 e. The van der Waals surface area contributed by atoms with Gasteiger partial charge >= 0.3 is 23.9 Å². The summed E-state index contributed by atoms with van der Waals surface area (Å²) in [5.74, 6) is -7.22. The van der Waals surface area contributed by atoms with Gasteiger partial charge in [0.15, 0.2) is 35.1 Å². The minimum absolute atomic E-state index is 0.0129. The van der Waals surface area contributed by atoms with Gasteiger partial charge in [0.25, 0.3) is 0 Å². The minimum atomic E-state index is -3.02. The SMILES string of the molecule is C/C=C(\N=C=S)C(=O)O[C@H]1[C@@H](O[C@H]2C[C@H](OC)[C@@](O)([C@H](C)OC(=O)CC)[C@H](C)O2)[C@@H](O)[C@H]([C@@]2(O)CC(=O)C(=N)C(C(=O)O)=C2O)O[C@@H]1COC(C)=O. The molecule has 6 N–H and O–H groups in total. The highest BCUT2D eigenvalue weighted by atomic mass is 32.1. The van der Waals surface area contributed by atoms with E-state index in [9.17, 15) is 49.5 Å². The summed E-state index contributed by atoms with van der Waals surface area (Å²) in [6.07, 6.45) is -14.9. The summed E-state index contributed by atoms with van der Waals surface area (Å²) in [6, 6.07) is 0. The summed E-state index contributed by atoms with van der Waals surface area (Å²) in [5, 5.41) is 65.8. The fourth-order valence-electron chi connectivity index (χ4n) is 6.28. The largest absolute Gasteiger partial charge is 0.508 e. The molecular weight excluding hydrogens is 716 g/mol. The summed E-state index contributed by atoms with van der Waals surface area (Å²) in [4.78, 5) is 65.6. The molecule has 0 amide bonds. The van der Waals surface area contributed by atoms with Crippen molar-refractivity contribution < 1.29 is 82.7 Å². The first-order valence-electron chi connectivity index (χ1n) is 16.0. The van der Waals surface area contributed by atoms with Crippen LogP contribution in [-0.2, 0) is 57.1 Å². The number of carboxylic acid groups (broad SMARTS) is 1. The van der Waals surface area contributed by atoms with Gasteiger partial charge in [0.1, 0.15) is 54.2 Å². The van der Waals surface area contributed by atoms with Gasteiger partial charge in [-0.1, -0.05) is 13.0 Å². The molecule has 2 fully saturated rings. The van der Waals surface area contributed by atoms with E-state index >= 15 is 0 Å². The second-order valence-electron chi connectivity index (χ2n) is 12.2. The van der Waals surface area contributed by atoms with Crippen LogP contribution in [0.1, 0.15) is 53.9 Å². The number of ether oxygens (including phenoxy) is 7. The van der Waals surface area contributed by atoms with Gasteiger partial charge in [0, 0.05) is 26.9 Å². The first-order valence-corrected chi connectivity index (χ1v) is 16.4. The Bertz CT molecular complexity index is 1560. The molecule has 11 atom stereocenters. The van der Waals surface area contributed by atoms with Gasteiger partial charge < -0.3 is 58.7 Å². The number of nitrogens with one attached hydrogen (secondary N) is 1. The van der Waals surface area contributed by atoms with Crippen molar-refractivity contribution in [3.63, 3.8) is 0 Å². The maximum absolute atomic E-state index is 13.3. The lowest BCUT2D eigenvalue weighted by molar-refractivity contribution is -0.345. The molecule has 0 radical (unpaired) electrons. The predicted octanol–water partition coefficient (Wildman–Crippen LogP) is -0.176. The van der Waals surface area contributed by atoms with Crippen LogP contribution in [0.3, 0.4) is 0 Å². The average molecular weight is 759 g/mol. The number of carbonyl (C=O) groups is 5. The quantitative estimate of drug-likeness (QED) is 0.0467. The monoisotopic (exact) mass is 758 g/mol. The fourth-order valence-corrected chi connectivity index (χ4v) is 6.38. The van der Waals surface area contributed by atoms with Crippen LogP contribution in [0.25, 0.3) is 0 Å². The van der Waals surface area contributed by atoms with Gasteiger partial charge in [-0.3, -0.25) is 19.8 Å². The van der Waals surface area contributed by atoms with Gasteiger partial charge in [0.05, 0.1) is 23.8 Å². The lowest BCUT2D eigenvalue weighted by atomic mass is 9.74. The number of esters is 3. The number of allylic oxidation sites excluding steroid dienone is 1. The average Bonchev–Trinajstić information content (AvgIpc) is 3.08. The Morgan fingerprint density at radius 2 is 1.87 bits per heavy atom. The molecule has 3 rings (SSSR count). The van der Waals surface area contributed by atoms with E-state index in [1.54, 1.807) is 6.92 Å². The number of aliphatic carboxylic acids is 1. The van der Waals surface area contributed by atoms with Gasteiger partial charge in [-0.15, -0.1) is 0 Å². The summed E-state index contributed by atoms with van der Waals surface area (Å²) >= 11 is 4.59. The van der Waals surface area contributed by atoms with Crippen molar-refractivity contribution in [2.45, 2.75) is 120 Å². The van der Waals surface area contributed by atoms with Crippen LogP contribution in [0.15, 0.2) is 28.1 Å². The molecule has 0 spiro atoms. The number of isothiocyanates is 1. The van der Waals surface area contributed by atoms with E-state index < -0.39 is 126 Å². The van der Waals surface area contributed by atoms with E-state index in [0.717, 1.165) is 6.92 Å². The van der Waals surface area contributed by atoms with Crippen molar-refractivity contribution >= 4 is 52.8 Å². The van der Waals surface area contributed by atoms with Crippen LogP contribution in [0.2, 0.25) is 0 Å². The molecule has 0 bridgehead atoms. The zero-order chi connectivity index (χ0) is 39.3. The fraction of sp³-hybridized carbons (Fsp3) is 0.656. The molecule has 0 aromatic carbocycles. The normalized spacial score (nSPS) is 34.5. The number of aliphatic hydroxyl groups excluding tert-OH is 2. The summed E-state index contributed by atoms with van der Waals surface area (Å²) in [5.41, 5.74) is -7.72. The highest BCUT2D eigenvalue weighted by Gasteiger charge is 2.62. The van der Waals surface area contributed by atoms with Crippen molar-refractivity contribution in [2.24, 2.45) is 4.99 Å². The lowest BCUT2D eigenvalue weighted by Gasteiger charge is -2.52. The Hall–Kier alpha value is -3.98. The number of methoxy groups -OCH3 is 1. The molecule has 288 valence electrons. The molecule has 0 aromatic rings. The maximum Gasteiger partial charge on any atom is 0.357 e. The van der Waals surface area contributed by atoms with Crippen LogP contribution in [0.5, 0.6) is 0 Å². The third kappa shape index (κ3) is 8.46. The van der Waals surface area contributed by atoms with Crippen molar-refractivity contribution in [2.75, 3.05) is 13.7 Å². The van der Waals surface area contributed by atoms with Crippen LogP contribution in [-0.4, -0.2) is 146 Å². The van der Waals surface area contributed by atoms with Crippen LogP contribution in [0.4, 0.5) is 0 Å². The molecule has 2 heterocycles. The number of hydrogen-bond acceptors (Lipinski definition) is 19. The van der Waals surface area contributed by atoms with E-state index in [2.05, 4.69) is 17.2 Å². The zero-order valence-corrected chi connectivity index (χ0v) is 29.9. The van der Waals surface area contributed by atoms with Crippen LogP contribution in [0, 0.1) is 5.41 Å². The highest BCUT2D eigenvalue weighted by molar-refractivity contribution is 7.78. The molecule has 0 saturated carbocycles. The first kappa shape index (κ1) is 42.4. The number of rotatable bonds is 13. The van der Waals surface area contributed by atoms with Gasteiger partial charge in [0.2, 0.25) is 0 Å². The van der Waals surface area contributed by atoms with Crippen LogP contribution >= 0.6 is 12.2 Å². The van der Waals surface area contributed by atoms with Gasteiger partial charge in [-0.05, 0) is 33.0 Å². The van der Waals surface area contributed by atoms with Crippen molar-refractivity contribution in [1.29, 1.82) is 5.41 Å². The van der Waals surface area contributed by atoms with Gasteiger partial charge in [-0.25, -0.2) is 9.59 Å². The highest BCUT2D eigenvalue weighted by Crippen LogP contribution is 2.42. The van der Waals surface area contributed by atoms with Crippen molar-refractivity contribution in [3.05, 3.63) is 23.1 Å². The number of ketones is 1. The number of nitrogens with zero attached hydrogens (tertiary/aromatic N) is 1. The summed E-state index contributed by atoms with van der Waals surface area (Å²) in [6.45, 7) is 6.11. The molecule has 1 aliphatic carbocycles. The topological polar surface area (TPSA) is 287 Å². The van der Waals surface area contributed by atoms with Crippen LogP contribution < -0.4 is 0 Å². The second-order valence-corrected chi connectivity index (χ2v) is 12.4. The molecule has 2 aliphatic heterocycles. The Morgan fingerprint density at radius 3 is 2.40 bits per heavy atom. The van der Waals surface area contributed by atoms with E-state index in [1.807, 2.05) is 5.16 Å². The summed E-state index contributed by atoms with van der Waals surface area (Å²) < 4.78 is 39.6. The number of carbonyl (C=O) groups excluding carboxylic acids is 4. The Kier molecular flexibility index (Phi) is 14.1.